The van der Waals surface area contributed by atoms with E-state index in [0.29, 0.717) is 18.3 Å². The summed E-state index contributed by atoms with van der Waals surface area (Å²) in [7, 11) is 1.82. The average molecular weight is 377 g/mol. The molecule has 0 atom stereocenters. The fraction of sp³-hybridized carbons (Fsp3) is 0.611. The normalized spacial score (nSPS) is 16.9. The van der Waals surface area contributed by atoms with Crippen molar-refractivity contribution in [3.8, 4) is 0 Å². The van der Waals surface area contributed by atoms with Gasteiger partial charge in [-0.25, -0.2) is 0 Å². The maximum absolute atomic E-state index is 5.34. The number of piperazine rings is 1. The Kier molecular flexibility index (Phi) is 5.93. The van der Waals surface area contributed by atoms with Crippen molar-refractivity contribution in [1.82, 2.24) is 25.3 Å². The van der Waals surface area contributed by atoms with Gasteiger partial charge in [-0.3, -0.25) is 9.89 Å². The topological polar surface area (TPSA) is 69.8 Å². The van der Waals surface area contributed by atoms with Crippen molar-refractivity contribution < 1.29 is 4.52 Å². The predicted molar refractivity (Wildman–Crippen MR) is 104 cm³/mol. The van der Waals surface area contributed by atoms with Gasteiger partial charge in [0.25, 0.3) is 0 Å². The molecule has 0 aromatic carbocycles. The smallest absolute Gasteiger partial charge is 0.232 e. The summed E-state index contributed by atoms with van der Waals surface area (Å²) in [4.78, 5) is 15.1. The van der Waals surface area contributed by atoms with E-state index in [-0.39, 0.29) is 5.41 Å². The van der Waals surface area contributed by atoms with E-state index in [1.54, 1.807) is 0 Å². The first-order chi connectivity index (χ1) is 12.5. The lowest BCUT2D eigenvalue weighted by Crippen LogP contribution is -2.52. The van der Waals surface area contributed by atoms with E-state index in [9.17, 15) is 0 Å². The summed E-state index contributed by atoms with van der Waals surface area (Å²) < 4.78 is 5.34. The van der Waals surface area contributed by atoms with E-state index in [4.69, 9.17) is 4.52 Å². The highest BCUT2D eigenvalue weighted by molar-refractivity contribution is 7.09. The van der Waals surface area contributed by atoms with Crippen molar-refractivity contribution in [3.63, 3.8) is 0 Å². The predicted octanol–water partition coefficient (Wildman–Crippen LogP) is 2.32. The average Bonchev–Trinajstić information content (AvgIpc) is 3.28. The highest BCUT2D eigenvalue weighted by Crippen LogP contribution is 2.19. The first-order valence-corrected chi connectivity index (χ1v) is 9.87. The maximum Gasteiger partial charge on any atom is 0.232 e. The van der Waals surface area contributed by atoms with Crippen molar-refractivity contribution in [3.05, 3.63) is 34.1 Å². The first kappa shape index (κ1) is 18.8. The van der Waals surface area contributed by atoms with E-state index in [1.165, 1.54) is 4.88 Å². The van der Waals surface area contributed by atoms with Crippen LogP contribution in [0.25, 0.3) is 0 Å². The minimum atomic E-state index is -0.133. The molecule has 0 saturated carbocycles. The van der Waals surface area contributed by atoms with Crippen molar-refractivity contribution in [1.29, 1.82) is 0 Å². The van der Waals surface area contributed by atoms with Crippen LogP contribution in [-0.2, 0) is 18.5 Å². The molecule has 3 rings (SSSR count). The van der Waals surface area contributed by atoms with Gasteiger partial charge in [0, 0.05) is 50.1 Å². The number of hydrogen-bond donors (Lipinski definition) is 1. The molecule has 8 heteroatoms. The molecule has 1 aliphatic heterocycles. The number of nitrogens with zero attached hydrogens (tertiary/aromatic N) is 5. The Labute approximate surface area is 159 Å². The van der Waals surface area contributed by atoms with Crippen molar-refractivity contribution >= 4 is 17.3 Å². The van der Waals surface area contributed by atoms with E-state index < -0.39 is 0 Å². The van der Waals surface area contributed by atoms with Crippen LogP contribution in [0.2, 0.25) is 0 Å². The van der Waals surface area contributed by atoms with Crippen molar-refractivity contribution in [2.75, 3.05) is 33.2 Å². The van der Waals surface area contributed by atoms with Crippen LogP contribution in [0.5, 0.6) is 0 Å². The number of hydrogen-bond acceptors (Lipinski definition) is 6. The van der Waals surface area contributed by atoms with Crippen LogP contribution < -0.4 is 5.32 Å². The molecule has 1 aliphatic rings. The Bertz CT molecular complexity index is 710. The lowest BCUT2D eigenvalue weighted by Gasteiger charge is -2.36. The zero-order valence-electron chi connectivity index (χ0n) is 16.0. The SMILES string of the molecule is CN=C(NCc1noc(C(C)(C)C)n1)N1CCN(Cc2cccs2)CC1. The van der Waals surface area contributed by atoms with Crippen LogP contribution in [0.4, 0.5) is 0 Å². The third-order valence-corrected chi connectivity index (χ3v) is 5.22. The van der Waals surface area contributed by atoms with Crippen LogP contribution in [0.15, 0.2) is 27.0 Å². The minimum absolute atomic E-state index is 0.133. The quantitative estimate of drug-likeness (QED) is 0.652. The van der Waals surface area contributed by atoms with Crippen molar-refractivity contribution in [2.45, 2.75) is 39.3 Å². The molecule has 7 nitrogen and oxygen atoms in total. The zero-order chi connectivity index (χ0) is 18.6. The van der Waals surface area contributed by atoms with Crippen LogP contribution >= 0.6 is 11.3 Å². The fourth-order valence-electron chi connectivity index (χ4n) is 2.86. The number of aliphatic imine (C=N–C) groups is 1. The fourth-order valence-corrected chi connectivity index (χ4v) is 3.61. The second-order valence-corrected chi connectivity index (χ2v) is 8.54. The molecular weight excluding hydrogens is 348 g/mol. The molecule has 1 N–H and O–H groups in total. The second-order valence-electron chi connectivity index (χ2n) is 7.51. The van der Waals surface area contributed by atoms with Gasteiger partial charge in [0.15, 0.2) is 11.8 Å². The van der Waals surface area contributed by atoms with E-state index in [1.807, 2.05) is 18.4 Å². The summed E-state index contributed by atoms with van der Waals surface area (Å²) in [5.74, 6) is 2.21. The number of thiophene rings is 1. The lowest BCUT2D eigenvalue weighted by molar-refractivity contribution is 0.173. The van der Waals surface area contributed by atoms with Gasteiger partial charge in [0.05, 0.1) is 6.54 Å². The molecule has 0 bridgehead atoms. The van der Waals surface area contributed by atoms with E-state index in [2.05, 4.69) is 68.5 Å². The Balaban J connectivity index is 1.48. The monoisotopic (exact) mass is 376 g/mol. The van der Waals surface area contributed by atoms with Crippen LogP contribution in [0.3, 0.4) is 0 Å². The standard InChI is InChI=1S/C18H28N6OS/c1-18(2,3)16-21-15(22-25-16)12-20-17(19-4)24-9-7-23(8-10-24)13-14-6-5-11-26-14/h5-6,11H,7-10,12-13H2,1-4H3,(H,19,20). The molecule has 1 saturated heterocycles. The van der Waals surface area contributed by atoms with Crippen molar-refractivity contribution in [2.24, 2.45) is 4.99 Å². The Hall–Kier alpha value is -1.93. The van der Waals surface area contributed by atoms with Gasteiger partial charge in [-0.1, -0.05) is 32.0 Å². The summed E-state index contributed by atoms with van der Waals surface area (Å²) in [5.41, 5.74) is -0.133. The number of guanidine groups is 1. The summed E-state index contributed by atoms with van der Waals surface area (Å²) >= 11 is 1.82. The van der Waals surface area contributed by atoms with Gasteiger partial charge >= 0.3 is 0 Å². The van der Waals surface area contributed by atoms with Gasteiger partial charge in [-0.15, -0.1) is 11.3 Å². The zero-order valence-corrected chi connectivity index (χ0v) is 16.8. The number of nitrogens with one attached hydrogen (secondary N) is 1. The third kappa shape index (κ3) is 4.82. The van der Waals surface area contributed by atoms with E-state index >= 15 is 0 Å². The van der Waals surface area contributed by atoms with Gasteiger partial charge in [-0.2, -0.15) is 4.98 Å². The molecule has 2 aromatic heterocycles. The van der Waals surface area contributed by atoms with Gasteiger partial charge in [-0.05, 0) is 11.4 Å². The van der Waals surface area contributed by atoms with Gasteiger partial charge in [0.1, 0.15) is 0 Å². The molecule has 3 heterocycles. The largest absolute Gasteiger partial charge is 0.349 e. The second kappa shape index (κ2) is 8.18. The van der Waals surface area contributed by atoms with Crippen LogP contribution in [-0.4, -0.2) is 59.1 Å². The molecule has 2 aromatic rings. The number of aromatic nitrogens is 2. The molecule has 0 spiro atoms. The van der Waals surface area contributed by atoms with Gasteiger partial charge in [0.2, 0.25) is 5.89 Å². The molecule has 0 unspecified atom stereocenters. The molecule has 0 aliphatic carbocycles. The summed E-state index contributed by atoms with van der Waals surface area (Å²) in [6.07, 6.45) is 0. The highest BCUT2D eigenvalue weighted by atomic mass is 32.1. The summed E-state index contributed by atoms with van der Waals surface area (Å²) in [5, 5.41) is 9.55. The lowest BCUT2D eigenvalue weighted by atomic mass is 9.97. The van der Waals surface area contributed by atoms with Crippen LogP contribution in [0, 0.1) is 0 Å². The Morgan fingerprint density at radius 2 is 2.08 bits per heavy atom. The Morgan fingerprint density at radius 1 is 1.31 bits per heavy atom. The molecular formula is C18H28N6OS. The maximum atomic E-state index is 5.34. The molecule has 0 amide bonds. The van der Waals surface area contributed by atoms with E-state index in [0.717, 1.165) is 38.7 Å². The first-order valence-electron chi connectivity index (χ1n) is 8.99. The molecule has 26 heavy (non-hydrogen) atoms. The number of rotatable bonds is 4. The molecule has 142 valence electrons. The van der Waals surface area contributed by atoms with Gasteiger partial charge < -0.3 is 14.7 Å². The minimum Gasteiger partial charge on any atom is -0.349 e. The highest BCUT2D eigenvalue weighted by Gasteiger charge is 2.23. The summed E-state index contributed by atoms with van der Waals surface area (Å²) in [6, 6.07) is 4.32. The summed E-state index contributed by atoms with van der Waals surface area (Å²) in [6.45, 7) is 11.7. The Morgan fingerprint density at radius 3 is 2.65 bits per heavy atom. The molecule has 1 fully saturated rings. The molecule has 0 radical (unpaired) electrons. The van der Waals surface area contributed by atoms with Crippen LogP contribution in [0.1, 0.15) is 37.4 Å². The third-order valence-electron chi connectivity index (χ3n) is 4.36.